The summed E-state index contributed by atoms with van der Waals surface area (Å²) in [5.74, 6) is -3.68. The van der Waals surface area contributed by atoms with Gasteiger partial charge in [0.2, 0.25) is 7.14 Å². The van der Waals surface area contributed by atoms with Crippen LogP contribution in [-0.2, 0) is 4.57 Å². The van der Waals surface area contributed by atoms with E-state index in [1.807, 2.05) is 30.3 Å². The van der Waals surface area contributed by atoms with Crippen LogP contribution in [0.4, 0.5) is 17.6 Å². The minimum absolute atomic E-state index is 0.121. The number of hydrogen-bond acceptors (Lipinski definition) is 1. The van der Waals surface area contributed by atoms with Gasteiger partial charge in [-0.05, 0) is 51.4 Å². The number of alkyl halides is 4. The molecule has 0 aliphatic rings. The lowest BCUT2D eigenvalue weighted by atomic mass is 9.94. The van der Waals surface area contributed by atoms with Gasteiger partial charge in [0, 0.05) is 10.6 Å². The van der Waals surface area contributed by atoms with Gasteiger partial charge in [0.25, 0.3) is 5.92 Å². The van der Waals surface area contributed by atoms with E-state index in [2.05, 4.69) is 0 Å². The lowest BCUT2D eigenvalue weighted by Crippen LogP contribution is -2.35. The Morgan fingerprint density at radius 3 is 1.69 bits per heavy atom. The average molecular weight is 454 g/mol. The third-order valence-corrected chi connectivity index (χ3v) is 9.01. The quantitative estimate of drug-likeness (QED) is 0.152. The van der Waals surface area contributed by atoms with Crippen molar-refractivity contribution in [3.63, 3.8) is 0 Å². The van der Waals surface area contributed by atoms with Crippen molar-refractivity contribution in [2.24, 2.45) is 0 Å². The van der Waals surface area contributed by atoms with Crippen molar-refractivity contribution >= 4 is 50.1 Å². The molecule has 5 aromatic rings. The fraction of sp³-hybridized carbons (Fsp3) is 0.154. The Hall–Kier alpha value is -2.91. The molecule has 0 aromatic heterocycles. The lowest BCUT2D eigenvalue weighted by molar-refractivity contribution is -0.0573. The Morgan fingerprint density at radius 1 is 0.656 bits per heavy atom. The van der Waals surface area contributed by atoms with Crippen molar-refractivity contribution in [2.45, 2.75) is 24.9 Å². The molecule has 0 radical (unpaired) electrons. The molecule has 0 fully saturated rings. The molecule has 0 N–H and O–H groups in total. The number of benzene rings is 5. The summed E-state index contributed by atoms with van der Waals surface area (Å²) in [6.07, 6.45) is -1.79. The van der Waals surface area contributed by atoms with Crippen molar-refractivity contribution in [3.8, 4) is 0 Å². The molecule has 0 heterocycles. The van der Waals surface area contributed by atoms with Crippen LogP contribution in [0.25, 0.3) is 32.3 Å². The van der Waals surface area contributed by atoms with E-state index in [1.54, 1.807) is 18.2 Å². The summed E-state index contributed by atoms with van der Waals surface area (Å²) < 4.78 is 72.7. The number of halogens is 4. The predicted molar refractivity (Wildman–Crippen MR) is 124 cm³/mol. The van der Waals surface area contributed by atoms with Crippen molar-refractivity contribution in [1.29, 1.82) is 0 Å². The summed E-state index contributed by atoms with van der Waals surface area (Å²) in [6.45, 7) is 0.427. The monoisotopic (exact) mass is 454 g/mol. The molecule has 0 aliphatic heterocycles. The zero-order valence-corrected chi connectivity index (χ0v) is 18.1. The molecule has 32 heavy (non-hydrogen) atoms. The molecule has 1 atom stereocenters. The van der Waals surface area contributed by atoms with E-state index in [9.17, 15) is 13.3 Å². The molecular formula is C26H19F4OP. The van der Waals surface area contributed by atoms with Gasteiger partial charge in [-0.25, -0.2) is 8.78 Å². The summed E-state index contributed by atoms with van der Waals surface area (Å²) in [4.78, 5) is 0. The zero-order chi connectivity index (χ0) is 22.7. The number of rotatable bonds is 5. The minimum atomic E-state index is -4.75. The molecule has 162 valence electrons. The first-order valence-corrected chi connectivity index (χ1v) is 11.9. The van der Waals surface area contributed by atoms with E-state index in [0.717, 1.165) is 21.5 Å². The molecule has 0 aliphatic carbocycles. The Morgan fingerprint density at radius 2 is 1.16 bits per heavy atom. The van der Waals surface area contributed by atoms with E-state index in [-0.39, 0.29) is 10.6 Å². The molecule has 0 amide bonds. The van der Waals surface area contributed by atoms with Gasteiger partial charge in [-0.15, -0.1) is 0 Å². The van der Waals surface area contributed by atoms with Crippen molar-refractivity contribution in [1.82, 2.24) is 0 Å². The summed E-state index contributed by atoms with van der Waals surface area (Å²) in [7, 11) is -4.75. The molecule has 1 nitrogen and oxygen atoms in total. The highest BCUT2D eigenvalue weighted by atomic mass is 31.2. The van der Waals surface area contributed by atoms with E-state index >= 15 is 8.78 Å². The molecule has 0 saturated carbocycles. The maximum atomic E-state index is 15.5. The highest BCUT2D eigenvalue weighted by Gasteiger charge is 2.56. The molecule has 6 heteroatoms. The molecule has 5 aromatic carbocycles. The fourth-order valence-electron chi connectivity index (χ4n) is 4.57. The Kier molecular flexibility index (Phi) is 4.62. The largest absolute Gasteiger partial charge is 0.311 e. The fourth-order valence-corrected chi connectivity index (χ4v) is 7.36. The third kappa shape index (κ3) is 3.18. The van der Waals surface area contributed by atoms with Crippen LogP contribution >= 0.6 is 7.14 Å². The zero-order valence-electron chi connectivity index (χ0n) is 17.2. The first-order chi connectivity index (χ1) is 15.1. The summed E-state index contributed by atoms with van der Waals surface area (Å²) in [5.41, 5.74) is -4.13. The van der Waals surface area contributed by atoms with Crippen LogP contribution in [0.1, 0.15) is 13.3 Å². The molecule has 0 bridgehead atoms. The summed E-state index contributed by atoms with van der Waals surface area (Å²) in [6, 6.07) is 23.5. The molecule has 5 rings (SSSR count). The van der Waals surface area contributed by atoms with Gasteiger partial charge in [-0.3, -0.25) is 0 Å². The van der Waals surface area contributed by atoms with Crippen LogP contribution in [0.3, 0.4) is 0 Å². The van der Waals surface area contributed by atoms with E-state index in [0.29, 0.717) is 17.7 Å². The predicted octanol–water partition coefficient (Wildman–Crippen LogP) is 7.54. The van der Waals surface area contributed by atoms with E-state index in [4.69, 9.17) is 0 Å². The molecular weight excluding hydrogens is 435 g/mol. The second-order valence-corrected chi connectivity index (χ2v) is 11.2. The highest BCUT2D eigenvalue weighted by Crippen LogP contribution is 2.61. The Balaban J connectivity index is 1.84. The maximum absolute atomic E-state index is 15.5. The van der Waals surface area contributed by atoms with Crippen molar-refractivity contribution in [3.05, 3.63) is 84.9 Å². The van der Waals surface area contributed by atoms with Crippen LogP contribution in [0, 0.1) is 0 Å². The molecule has 1 unspecified atom stereocenters. The van der Waals surface area contributed by atoms with Crippen LogP contribution in [0.2, 0.25) is 0 Å². The topological polar surface area (TPSA) is 17.1 Å². The SMILES string of the molecule is CC(F)(F)CC(F)(F)P(=O)(c1ccccc1)c1cc2ccc3cccc4ccc(c1)c2c34. The maximum Gasteiger partial charge on any atom is 0.311 e. The number of hydrogen-bond donors (Lipinski definition) is 0. The van der Waals surface area contributed by atoms with E-state index in [1.165, 1.54) is 36.4 Å². The van der Waals surface area contributed by atoms with Crippen LogP contribution in [0.15, 0.2) is 84.9 Å². The van der Waals surface area contributed by atoms with Crippen LogP contribution in [0.5, 0.6) is 0 Å². The second-order valence-electron chi connectivity index (χ2n) is 8.33. The van der Waals surface area contributed by atoms with Crippen LogP contribution < -0.4 is 10.6 Å². The average Bonchev–Trinajstić information content (AvgIpc) is 2.75. The molecule has 0 saturated heterocycles. The Bertz CT molecular complexity index is 1420. The lowest BCUT2D eigenvalue weighted by Gasteiger charge is -2.30. The van der Waals surface area contributed by atoms with Crippen molar-refractivity contribution < 1.29 is 22.1 Å². The summed E-state index contributed by atoms with van der Waals surface area (Å²) >= 11 is 0. The van der Waals surface area contributed by atoms with Gasteiger partial charge in [-0.2, -0.15) is 8.78 Å². The van der Waals surface area contributed by atoms with Gasteiger partial charge in [0.05, 0.1) is 6.42 Å². The van der Waals surface area contributed by atoms with Gasteiger partial charge in [0.1, 0.15) is 0 Å². The van der Waals surface area contributed by atoms with Gasteiger partial charge in [0.15, 0.2) is 0 Å². The highest BCUT2D eigenvalue weighted by molar-refractivity contribution is 7.79. The Labute approximate surface area is 182 Å². The molecule has 0 spiro atoms. The van der Waals surface area contributed by atoms with Gasteiger partial charge >= 0.3 is 5.66 Å². The van der Waals surface area contributed by atoms with Gasteiger partial charge in [-0.1, -0.05) is 72.8 Å². The smallest absolute Gasteiger partial charge is 0.307 e. The van der Waals surface area contributed by atoms with Crippen molar-refractivity contribution in [2.75, 3.05) is 0 Å². The van der Waals surface area contributed by atoms with Gasteiger partial charge < -0.3 is 4.57 Å². The first-order valence-electron chi connectivity index (χ1n) is 10.2. The van der Waals surface area contributed by atoms with E-state index < -0.39 is 25.1 Å². The standard InChI is InChI=1S/C26H19F4OP/c1-25(27,28)16-26(29,30)32(31,21-8-3-2-4-9-21)22-14-19-12-10-17-6-5-7-18-11-13-20(15-22)24(19)23(17)18/h2-15H,16H2,1H3. The normalized spacial score (nSPS) is 14.9. The second kappa shape index (κ2) is 7.05. The summed E-state index contributed by atoms with van der Waals surface area (Å²) in [5, 5.41) is 4.94. The third-order valence-electron chi connectivity index (χ3n) is 5.92. The minimum Gasteiger partial charge on any atom is -0.307 e. The van der Waals surface area contributed by atoms with Crippen LogP contribution in [-0.4, -0.2) is 11.6 Å². The first kappa shape index (κ1) is 21.0.